The monoisotopic (exact) mass is 308 g/mol. The molecule has 1 heterocycles. The zero-order valence-electron chi connectivity index (χ0n) is 13.8. The van der Waals surface area contributed by atoms with E-state index < -0.39 is 0 Å². The standard InChI is InChI=1S/C17H28N2OS/c1-12-6-8-13(9-7-12)21-11-15(19-18)14-10-16(2,3)20-17(14,4)5/h6-9,14-15,19H,10-11,18H2,1-5H3. The summed E-state index contributed by atoms with van der Waals surface area (Å²) in [5.74, 6) is 7.20. The second kappa shape index (κ2) is 6.29. The van der Waals surface area contributed by atoms with Gasteiger partial charge in [0.2, 0.25) is 0 Å². The Balaban J connectivity index is 2.01. The third kappa shape index (κ3) is 4.22. The highest BCUT2D eigenvalue weighted by atomic mass is 32.2. The van der Waals surface area contributed by atoms with Gasteiger partial charge in [-0.3, -0.25) is 11.3 Å². The van der Waals surface area contributed by atoms with Crippen molar-refractivity contribution in [1.29, 1.82) is 0 Å². The van der Waals surface area contributed by atoms with Gasteiger partial charge in [0, 0.05) is 22.6 Å². The Labute approximate surface area is 133 Å². The van der Waals surface area contributed by atoms with Gasteiger partial charge in [-0.1, -0.05) is 17.7 Å². The normalized spacial score (nSPS) is 25.0. The minimum atomic E-state index is -0.144. The molecule has 1 aromatic carbocycles. The molecule has 0 saturated carbocycles. The second-order valence-corrected chi connectivity index (χ2v) is 8.27. The predicted molar refractivity (Wildman–Crippen MR) is 90.4 cm³/mol. The van der Waals surface area contributed by atoms with Crippen molar-refractivity contribution < 1.29 is 4.74 Å². The number of nitrogens with one attached hydrogen (secondary N) is 1. The van der Waals surface area contributed by atoms with Crippen LogP contribution in [-0.2, 0) is 4.74 Å². The number of rotatable bonds is 5. The van der Waals surface area contributed by atoms with Gasteiger partial charge < -0.3 is 4.74 Å². The van der Waals surface area contributed by atoms with Crippen molar-refractivity contribution in [1.82, 2.24) is 5.43 Å². The fourth-order valence-electron chi connectivity index (χ4n) is 3.33. The smallest absolute Gasteiger partial charge is 0.0678 e. The summed E-state index contributed by atoms with van der Waals surface area (Å²) in [6.07, 6.45) is 1.03. The lowest BCUT2D eigenvalue weighted by Crippen LogP contribution is -2.48. The van der Waals surface area contributed by atoms with Crippen molar-refractivity contribution >= 4 is 11.8 Å². The van der Waals surface area contributed by atoms with Crippen molar-refractivity contribution in [3.05, 3.63) is 29.8 Å². The highest BCUT2D eigenvalue weighted by Gasteiger charge is 2.48. The van der Waals surface area contributed by atoms with E-state index in [1.807, 2.05) is 11.8 Å². The van der Waals surface area contributed by atoms with E-state index in [4.69, 9.17) is 10.6 Å². The predicted octanol–water partition coefficient (Wildman–Crippen LogP) is 3.51. The molecule has 21 heavy (non-hydrogen) atoms. The summed E-state index contributed by atoms with van der Waals surface area (Å²) in [7, 11) is 0. The Morgan fingerprint density at radius 3 is 2.38 bits per heavy atom. The first-order valence-corrected chi connectivity index (χ1v) is 8.58. The molecule has 3 N–H and O–H groups in total. The molecule has 0 amide bonds. The third-order valence-electron chi connectivity index (χ3n) is 4.29. The lowest BCUT2D eigenvalue weighted by molar-refractivity contribution is -0.0769. The van der Waals surface area contributed by atoms with Crippen molar-refractivity contribution in [3.63, 3.8) is 0 Å². The molecule has 0 aliphatic carbocycles. The van der Waals surface area contributed by atoms with Crippen LogP contribution < -0.4 is 11.3 Å². The van der Waals surface area contributed by atoms with Crippen LogP contribution in [0.5, 0.6) is 0 Å². The van der Waals surface area contributed by atoms with Gasteiger partial charge in [-0.15, -0.1) is 11.8 Å². The molecule has 2 rings (SSSR count). The molecule has 0 radical (unpaired) electrons. The van der Waals surface area contributed by atoms with Crippen LogP contribution >= 0.6 is 11.8 Å². The van der Waals surface area contributed by atoms with Crippen LogP contribution in [0.1, 0.15) is 39.7 Å². The maximum atomic E-state index is 6.19. The summed E-state index contributed by atoms with van der Waals surface area (Å²) in [4.78, 5) is 1.29. The van der Waals surface area contributed by atoms with E-state index in [1.165, 1.54) is 10.5 Å². The van der Waals surface area contributed by atoms with Crippen molar-refractivity contribution in [2.24, 2.45) is 11.8 Å². The molecule has 1 aliphatic rings. The number of benzene rings is 1. The molecule has 4 heteroatoms. The van der Waals surface area contributed by atoms with Gasteiger partial charge in [0.25, 0.3) is 0 Å². The van der Waals surface area contributed by atoms with Crippen molar-refractivity contribution in [2.45, 2.75) is 63.2 Å². The first kappa shape index (κ1) is 16.8. The number of ether oxygens (including phenoxy) is 1. The number of hydrogen-bond donors (Lipinski definition) is 2. The lowest BCUT2D eigenvalue weighted by atomic mass is 9.82. The molecule has 3 nitrogen and oxygen atoms in total. The first-order valence-electron chi connectivity index (χ1n) is 7.59. The third-order valence-corrected chi connectivity index (χ3v) is 5.43. The molecule has 2 unspecified atom stereocenters. The van der Waals surface area contributed by atoms with E-state index in [0.29, 0.717) is 5.92 Å². The van der Waals surface area contributed by atoms with Gasteiger partial charge >= 0.3 is 0 Å². The summed E-state index contributed by atoms with van der Waals surface area (Å²) in [5.41, 5.74) is 4.09. The summed E-state index contributed by atoms with van der Waals surface area (Å²) in [6, 6.07) is 8.90. The Morgan fingerprint density at radius 2 is 1.90 bits per heavy atom. The van der Waals surface area contributed by atoms with E-state index in [-0.39, 0.29) is 17.2 Å². The molecule has 0 bridgehead atoms. The van der Waals surface area contributed by atoms with Crippen molar-refractivity contribution in [3.8, 4) is 0 Å². The molecule has 118 valence electrons. The van der Waals surface area contributed by atoms with Gasteiger partial charge in [0.15, 0.2) is 0 Å². The highest BCUT2D eigenvalue weighted by Crippen LogP contribution is 2.44. The maximum absolute atomic E-state index is 6.19. The van der Waals surface area contributed by atoms with Crippen LogP contribution in [0.2, 0.25) is 0 Å². The zero-order chi connectivity index (χ0) is 15.7. The van der Waals surface area contributed by atoms with E-state index in [9.17, 15) is 0 Å². The number of hydrazine groups is 1. The van der Waals surface area contributed by atoms with Gasteiger partial charge in [0.1, 0.15) is 0 Å². The fourth-order valence-corrected chi connectivity index (χ4v) is 4.36. The minimum absolute atomic E-state index is 0.0716. The number of nitrogens with two attached hydrogens (primary N) is 1. The molecule has 1 fully saturated rings. The molecule has 1 saturated heterocycles. The Bertz CT molecular complexity index is 470. The van der Waals surface area contributed by atoms with E-state index in [1.54, 1.807) is 0 Å². The molecular weight excluding hydrogens is 280 g/mol. The highest BCUT2D eigenvalue weighted by molar-refractivity contribution is 7.99. The van der Waals surface area contributed by atoms with Gasteiger partial charge in [-0.2, -0.15) is 0 Å². The average Bonchev–Trinajstić information content (AvgIpc) is 2.61. The second-order valence-electron chi connectivity index (χ2n) is 7.17. The zero-order valence-corrected chi connectivity index (χ0v) is 14.6. The Kier molecular flexibility index (Phi) is 5.03. The molecule has 1 aliphatic heterocycles. The summed E-state index contributed by atoms with van der Waals surface area (Å²) < 4.78 is 6.19. The molecule has 1 aromatic rings. The topological polar surface area (TPSA) is 47.3 Å². The van der Waals surface area contributed by atoms with Gasteiger partial charge in [0.05, 0.1) is 11.2 Å². The summed E-state index contributed by atoms with van der Waals surface area (Å²) in [5, 5.41) is 0. The SMILES string of the molecule is Cc1ccc(SCC(NN)C2CC(C)(C)OC2(C)C)cc1. The van der Waals surface area contributed by atoms with Crippen LogP contribution in [0.4, 0.5) is 0 Å². The van der Waals surface area contributed by atoms with E-state index >= 15 is 0 Å². The van der Waals surface area contributed by atoms with E-state index in [2.05, 4.69) is 64.3 Å². The summed E-state index contributed by atoms with van der Waals surface area (Å²) in [6.45, 7) is 10.8. The number of thioether (sulfide) groups is 1. The molecular formula is C17H28N2OS. The lowest BCUT2D eigenvalue weighted by Gasteiger charge is -2.32. The van der Waals surface area contributed by atoms with Crippen LogP contribution in [0.3, 0.4) is 0 Å². The van der Waals surface area contributed by atoms with Gasteiger partial charge in [-0.25, -0.2) is 0 Å². The molecule has 0 spiro atoms. The number of hydrogen-bond acceptors (Lipinski definition) is 4. The molecule has 0 aromatic heterocycles. The maximum Gasteiger partial charge on any atom is 0.0678 e. The quantitative estimate of drug-likeness (QED) is 0.496. The first-order chi connectivity index (χ1) is 9.73. The molecule has 2 atom stereocenters. The van der Waals surface area contributed by atoms with Crippen LogP contribution in [0.25, 0.3) is 0 Å². The Hall–Kier alpha value is -0.550. The minimum Gasteiger partial charge on any atom is -0.369 e. The van der Waals surface area contributed by atoms with Gasteiger partial charge in [-0.05, 0) is 53.2 Å². The van der Waals surface area contributed by atoms with Crippen LogP contribution in [0, 0.1) is 12.8 Å². The Morgan fingerprint density at radius 1 is 1.29 bits per heavy atom. The van der Waals surface area contributed by atoms with Crippen LogP contribution in [-0.4, -0.2) is 23.0 Å². The van der Waals surface area contributed by atoms with Crippen molar-refractivity contribution in [2.75, 3.05) is 5.75 Å². The largest absolute Gasteiger partial charge is 0.369 e. The van der Waals surface area contributed by atoms with Crippen LogP contribution in [0.15, 0.2) is 29.2 Å². The fraction of sp³-hybridized carbons (Fsp3) is 0.647. The number of aryl methyl sites for hydroxylation is 1. The summed E-state index contributed by atoms with van der Waals surface area (Å²) >= 11 is 1.85. The van der Waals surface area contributed by atoms with E-state index in [0.717, 1.165) is 12.2 Å². The average molecular weight is 308 g/mol.